The molecule has 2 amide bonds. The van der Waals surface area contributed by atoms with E-state index in [9.17, 15) is 9.59 Å². The molecule has 0 fully saturated rings. The summed E-state index contributed by atoms with van der Waals surface area (Å²) < 4.78 is 0. The van der Waals surface area contributed by atoms with Crippen LogP contribution in [-0.2, 0) is 4.79 Å². The highest BCUT2D eigenvalue weighted by atomic mass is 16.4. The first-order valence-corrected chi connectivity index (χ1v) is 5.84. The first kappa shape index (κ1) is 15.7. The Balaban J connectivity index is 4.44. The second-order valence-electron chi connectivity index (χ2n) is 3.93. The molecule has 0 saturated heterocycles. The highest BCUT2D eigenvalue weighted by molar-refractivity contribution is 5.82. The number of amides is 2. The van der Waals surface area contributed by atoms with Crippen molar-refractivity contribution in [2.45, 2.75) is 45.2 Å². The average Bonchev–Trinajstić information content (AvgIpc) is 2.29. The Morgan fingerprint density at radius 3 is 2.18 bits per heavy atom. The van der Waals surface area contributed by atoms with Crippen molar-refractivity contribution in [1.82, 2.24) is 10.2 Å². The molecule has 0 heterocycles. The third-order valence-corrected chi connectivity index (χ3v) is 2.82. The lowest BCUT2D eigenvalue weighted by atomic mass is 10.1. The summed E-state index contributed by atoms with van der Waals surface area (Å²) in [6.45, 7) is 3.67. The lowest BCUT2D eigenvalue weighted by Gasteiger charge is -2.27. The van der Waals surface area contributed by atoms with E-state index in [4.69, 9.17) is 10.2 Å². The fourth-order valence-corrected chi connectivity index (χ4v) is 1.64. The first-order chi connectivity index (χ1) is 7.97. The molecule has 0 aromatic rings. The number of aliphatic hydroxyl groups is 1. The molecule has 0 unspecified atom stereocenters. The normalized spacial score (nSPS) is 12.3. The molecule has 0 spiro atoms. The molecule has 6 heteroatoms. The molecule has 0 saturated carbocycles. The van der Waals surface area contributed by atoms with Crippen LogP contribution < -0.4 is 5.32 Å². The number of aliphatic hydroxyl groups excluding tert-OH is 1. The van der Waals surface area contributed by atoms with E-state index in [-0.39, 0.29) is 19.1 Å². The number of carbonyl (C=O) groups is 2. The van der Waals surface area contributed by atoms with Gasteiger partial charge in [0.15, 0.2) is 0 Å². The smallest absolute Gasteiger partial charge is 0.326 e. The number of hydrogen-bond acceptors (Lipinski definition) is 3. The molecule has 1 atom stereocenters. The maximum Gasteiger partial charge on any atom is 0.326 e. The van der Waals surface area contributed by atoms with Gasteiger partial charge in [0.05, 0.1) is 0 Å². The van der Waals surface area contributed by atoms with Crippen LogP contribution in [0.15, 0.2) is 0 Å². The van der Waals surface area contributed by atoms with Gasteiger partial charge in [-0.3, -0.25) is 0 Å². The summed E-state index contributed by atoms with van der Waals surface area (Å²) in [7, 11) is 1.64. The van der Waals surface area contributed by atoms with Gasteiger partial charge in [0.1, 0.15) is 6.04 Å². The number of urea groups is 1. The Labute approximate surface area is 102 Å². The minimum atomic E-state index is -1.13. The van der Waals surface area contributed by atoms with Gasteiger partial charge >= 0.3 is 12.0 Å². The molecule has 0 aliphatic carbocycles. The molecule has 6 nitrogen and oxygen atoms in total. The van der Waals surface area contributed by atoms with Crippen molar-refractivity contribution in [3.05, 3.63) is 0 Å². The molecule has 17 heavy (non-hydrogen) atoms. The van der Waals surface area contributed by atoms with Crippen LogP contribution in [0.3, 0.4) is 0 Å². The maximum absolute atomic E-state index is 11.8. The molecule has 0 aliphatic rings. The number of nitrogens with zero attached hydrogens (tertiary/aromatic N) is 1. The van der Waals surface area contributed by atoms with E-state index in [0.717, 1.165) is 12.8 Å². The largest absolute Gasteiger partial charge is 0.480 e. The topological polar surface area (TPSA) is 89.9 Å². The summed E-state index contributed by atoms with van der Waals surface area (Å²) in [5, 5.41) is 19.9. The highest BCUT2D eigenvalue weighted by Gasteiger charge is 2.23. The molecule has 0 rings (SSSR count). The molecule has 100 valence electrons. The van der Waals surface area contributed by atoms with Crippen LogP contribution >= 0.6 is 0 Å². The third kappa shape index (κ3) is 5.04. The number of carboxylic acids is 1. The molecular formula is C11H22N2O4. The summed E-state index contributed by atoms with van der Waals surface area (Å²) in [6, 6.07) is -1.36. The number of aliphatic carboxylic acids is 1. The zero-order valence-corrected chi connectivity index (χ0v) is 10.6. The second kappa shape index (κ2) is 7.89. The Hall–Kier alpha value is -1.30. The number of rotatable bonds is 7. The van der Waals surface area contributed by atoms with Crippen molar-refractivity contribution in [1.29, 1.82) is 0 Å². The molecule has 0 bridgehead atoms. The van der Waals surface area contributed by atoms with Crippen molar-refractivity contribution in [2.75, 3.05) is 13.7 Å². The number of nitrogens with one attached hydrogen (secondary N) is 1. The van der Waals surface area contributed by atoms with E-state index in [1.807, 2.05) is 13.8 Å². The van der Waals surface area contributed by atoms with Crippen LogP contribution in [0, 0.1) is 0 Å². The SMILES string of the molecule is CCC(CC)N(C)C(=O)N[C@H](CCO)C(=O)O. The van der Waals surface area contributed by atoms with Crippen molar-refractivity contribution in [3.63, 3.8) is 0 Å². The van der Waals surface area contributed by atoms with Crippen LogP contribution in [0.2, 0.25) is 0 Å². The van der Waals surface area contributed by atoms with E-state index in [1.54, 1.807) is 7.05 Å². The van der Waals surface area contributed by atoms with Gasteiger partial charge in [0.25, 0.3) is 0 Å². The average molecular weight is 246 g/mol. The fourth-order valence-electron chi connectivity index (χ4n) is 1.64. The monoisotopic (exact) mass is 246 g/mol. The summed E-state index contributed by atoms with van der Waals surface area (Å²) in [5.74, 6) is -1.13. The van der Waals surface area contributed by atoms with Gasteiger partial charge in [-0.2, -0.15) is 0 Å². The Morgan fingerprint density at radius 1 is 1.29 bits per heavy atom. The van der Waals surface area contributed by atoms with Crippen molar-refractivity contribution in [2.24, 2.45) is 0 Å². The molecule has 0 radical (unpaired) electrons. The van der Waals surface area contributed by atoms with E-state index in [0.29, 0.717) is 0 Å². The fraction of sp³-hybridized carbons (Fsp3) is 0.818. The van der Waals surface area contributed by atoms with Crippen molar-refractivity contribution >= 4 is 12.0 Å². The van der Waals surface area contributed by atoms with Gasteiger partial charge in [0.2, 0.25) is 0 Å². The highest BCUT2D eigenvalue weighted by Crippen LogP contribution is 2.06. The maximum atomic E-state index is 11.8. The summed E-state index contributed by atoms with van der Waals surface area (Å²) in [5.41, 5.74) is 0. The summed E-state index contributed by atoms with van der Waals surface area (Å²) >= 11 is 0. The van der Waals surface area contributed by atoms with Crippen LogP contribution in [0.4, 0.5) is 4.79 Å². The number of carbonyl (C=O) groups excluding carboxylic acids is 1. The van der Waals surface area contributed by atoms with Crippen LogP contribution in [0.1, 0.15) is 33.1 Å². The number of hydrogen-bond donors (Lipinski definition) is 3. The standard InChI is InChI=1S/C11H22N2O4/c1-4-8(5-2)13(3)11(17)12-9(6-7-14)10(15)16/h8-9,14H,4-7H2,1-3H3,(H,12,17)(H,15,16)/t9-/m1/s1. The van der Waals surface area contributed by atoms with Gasteiger partial charge in [-0.15, -0.1) is 0 Å². The zero-order chi connectivity index (χ0) is 13.4. The van der Waals surface area contributed by atoms with Crippen LogP contribution in [0.5, 0.6) is 0 Å². The van der Waals surface area contributed by atoms with Crippen LogP contribution in [0.25, 0.3) is 0 Å². The number of carboxylic acid groups (broad SMARTS) is 1. The van der Waals surface area contributed by atoms with Gasteiger partial charge in [-0.25, -0.2) is 9.59 Å². The van der Waals surface area contributed by atoms with E-state index in [1.165, 1.54) is 4.90 Å². The third-order valence-electron chi connectivity index (χ3n) is 2.82. The van der Waals surface area contributed by atoms with E-state index >= 15 is 0 Å². The molecule has 0 aromatic heterocycles. The van der Waals surface area contributed by atoms with Gasteiger partial charge in [-0.1, -0.05) is 13.8 Å². The van der Waals surface area contributed by atoms with Gasteiger partial charge < -0.3 is 20.4 Å². The summed E-state index contributed by atoms with van der Waals surface area (Å²) in [4.78, 5) is 24.1. The van der Waals surface area contributed by atoms with Crippen molar-refractivity contribution < 1.29 is 19.8 Å². The second-order valence-corrected chi connectivity index (χ2v) is 3.93. The quantitative estimate of drug-likeness (QED) is 0.615. The predicted molar refractivity (Wildman–Crippen MR) is 63.8 cm³/mol. The minimum Gasteiger partial charge on any atom is -0.480 e. The van der Waals surface area contributed by atoms with Gasteiger partial charge in [0, 0.05) is 26.1 Å². The molecule has 3 N–H and O–H groups in total. The predicted octanol–water partition coefficient (Wildman–Crippen LogP) is 0.652. The van der Waals surface area contributed by atoms with E-state index in [2.05, 4.69) is 5.32 Å². The van der Waals surface area contributed by atoms with Crippen LogP contribution in [-0.4, -0.2) is 52.9 Å². The zero-order valence-electron chi connectivity index (χ0n) is 10.6. The van der Waals surface area contributed by atoms with Crippen molar-refractivity contribution in [3.8, 4) is 0 Å². The Kier molecular flexibility index (Phi) is 7.29. The lowest BCUT2D eigenvalue weighted by molar-refractivity contribution is -0.139. The Bertz CT molecular complexity index is 254. The molecular weight excluding hydrogens is 224 g/mol. The van der Waals surface area contributed by atoms with E-state index < -0.39 is 18.0 Å². The Morgan fingerprint density at radius 2 is 1.82 bits per heavy atom. The molecule has 0 aromatic carbocycles. The summed E-state index contributed by atoms with van der Waals surface area (Å²) in [6.07, 6.45) is 1.65. The van der Waals surface area contributed by atoms with Gasteiger partial charge in [-0.05, 0) is 12.8 Å². The minimum absolute atomic E-state index is 0.0117. The lowest BCUT2D eigenvalue weighted by Crippen LogP contribution is -2.49. The molecule has 0 aliphatic heterocycles. The first-order valence-electron chi connectivity index (χ1n) is 5.84.